The molecular weight excluding hydrogens is 360 g/mol. The number of esters is 1. The lowest BCUT2D eigenvalue weighted by Crippen LogP contribution is -2.23. The number of hydrogen-bond acceptors (Lipinski definition) is 6. The second kappa shape index (κ2) is 8.56. The van der Waals surface area contributed by atoms with Crippen molar-refractivity contribution in [3.63, 3.8) is 0 Å². The average Bonchev–Trinajstić information content (AvgIpc) is 3.41. The number of furan rings is 2. The van der Waals surface area contributed by atoms with E-state index in [0.717, 1.165) is 0 Å². The number of carbonyl (C=O) groups is 2. The number of nitrogens with zero attached hydrogens (tertiary/aromatic N) is 1. The molecule has 0 aliphatic carbocycles. The highest BCUT2D eigenvalue weighted by atomic mass is 16.5. The van der Waals surface area contributed by atoms with E-state index < -0.39 is 11.9 Å². The van der Waals surface area contributed by atoms with Gasteiger partial charge < -0.3 is 18.9 Å². The van der Waals surface area contributed by atoms with Crippen molar-refractivity contribution in [2.24, 2.45) is 0 Å². The molecule has 0 atom stereocenters. The summed E-state index contributed by atoms with van der Waals surface area (Å²) in [5.41, 5.74) is 0.961. The normalized spacial score (nSPS) is 10.9. The molecule has 0 aliphatic rings. The minimum atomic E-state index is -0.537. The van der Waals surface area contributed by atoms with Gasteiger partial charge in [-0.3, -0.25) is 4.79 Å². The fourth-order valence-electron chi connectivity index (χ4n) is 2.47. The van der Waals surface area contributed by atoms with Gasteiger partial charge in [-0.15, -0.1) is 0 Å². The summed E-state index contributed by atoms with van der Waals surface area (Å²) in [6.07, 6.45) is 2.85. The lowest BCUT2D eigenvalue weighted by Gasteiger charge is -2.02. The van der Waals surface area contributed by atoms with Gasteiger partial charge in [0.1, 0.15) is 28.9 Å². The van der Waals surface area contributed by atoms with Gasteiger partial charge in [0, 0.05) is 11.6 Å². The molecule has 0 saturated heterocycles. The third kappa shape index (κ3) is 4.37. The van der Waals surface area contributed by atoms with Crippen molar-refractivity contribution in [1.29, 1.82) is 5.26 Å². The summed E-state index contributed by atoms with van der Waals surface area (Å²) in [6.45, 7) is 0.175. The Hall–Kier alpha value is -4.05. The number of benzene rings is 1. The summed E-state index contributed by atoms with van der Waals surface area (Å²) >= 11 is 0. The van der Waals surface area contributed by atoms with E-state index in [1.165, 1.54) is 19.4 Å². The fraction of sp³-hybridized carbons (Fsp3) is 0.0952. The Kier molecular flexibility index (Phi) is 5.72. The van der Waals surface area contributed by atoms with Crippen LogP contribution in [-0.2, 0) is 16.1 Å². The van der Waals surface area contributed by atoms with Crippen molar-refractivity contribution in [2.45, 2.75) is 6.54 Å². The predicted octanol–water partition coefficient (Wildman–Crippen LogP) is 3.55. The molecule has 0 bridgehead atoms. The summed E-state index contributed by atoms with van der Waals surface area (Å²) in [5.74, 6) is 0.419. The molecule has 0 spiro atoms. The second-order valence-corrected chi connectivity index (χ2v) is 5.71. The van der Waals surface area contributed by atoms with Crippen LogP contribution in [0.2, 0.25) is 0 Å². The van der Waals surface area contributed by atoms with E-state index in [1.54, 1.807) is 48.5 Å². The van der Waals surface area contributed by atoms with Crippen molar-refractivity contribution in [2.75, 3.05) is 7.11 Å². The monoisotopic (exact) mass is 376 g/mol. The molecule has 140 valence electrons. The van der Waals surface area contributed by atoms with Gasteiger partial charge in [0.2, 0.25) is 0 Å². The first kappa shape index (κ1) is 18.7. The molecule has 1 amide bonds. The maximum absolute atomic E-state index is 12.2. The van der Waals surface area contributed by atoms with Crippen LogP contribution < -0.4 is 5.32 Å². The largest absolute Gasteiger partial charge is 0.467 e. The number of hydrogen-bond donors (Lipinski definition) is 1. The number of amides is 1. The number of methoxy groups -OCH3 is 1. The zero-order valence-corrected chi connectivity index (χ0v) is 15.0. The minimum absolute atomic E-state index is 0.101. The number of nitrogens with one attached hydrogen (secondary N) is 1. The summed E-state index contributed by atoms with van der Waals surface area (Å²) < 4.78 is 15.5. The van der Waals surface area contributed by atoms with Crippen LogP contribution in [0.1, 0.15) is 21.9 Å². The molecule has 2 aromatic heterocycles. The van der Waals surface area contributed by atoms with Crippen molar-refractivity contribution in [1.82, 2.24) is 5.32 Å². The van der Waals surface area contributed by atoms with Crippen LogP contribution in [0.15, 0.2) is 69.2 Å². The Balaban J connectivity index is 1.76. The van der Waals surface area contributed by atoms with Gasteiger partial charge in [-0.2, -0.15) is 5.26 Å². The molecule has 3 rings (SSSR count). The minimum Gasteiger partial charge on any atom is -0.467 e. The Bertz CT molecular complexity index is 1050. The number of nitriles is 1. The average molecular weight is 376 g/mol. The smallest absolute Gasteiger partial charge is 0.337 e. The van der Waals surface area contributed by atoms with Gasteiger partial charge in [-0.05, 0) is 36.4 Å². The van der Waals surface area contributed by atoms with Crippen LogP contribution in [0.5, 0.6) is 0 Å². The van der Waals surface area contributed by atoms with Crippen LogP contribution in [-0.4, -0.2) is 19.0 Å². The van der Waals surface area contributed by atoms with E-state index in [0.29, 0.717) is 28.4 Å². The van der Waals surface area contributed by atoms with Crippen LogP contribution in [0.3, 0.4) is 0 Å². The maximum Gasteiger partial charge on any atom is 0.337 e. The predicted molar refractivity (Wildman–Crippen MR) is 99.6 cm³/mol. The van der Waals surface area contributed by atoms with Gasteiger partial charge >= 0.3 is 5.97 Å². The summed E-state index contributed by atoms with van der Waals surface area (Å²) in [7, 11) is 1.31. The molecule has 7 nitrogen and oxygen atoms in total. The number of ether oxygens (including phenoxy) is 1. The molecule has 0 fully saturated rings. The molecule has 0 radical (unpaired) electrons. The van der Waals surface area contributed by atoms with E-state index in [4.69, 9.17) is 13.6 Å². The highest BCUT2D eigenvalue weighted by molar-refractivity contribution is 6.01. The van der Waals surface area contributed by atoms with Crippen molar-refractivity contribution in [3.8, 4) is 17.4 Å². The van der Waals surface area contributed by atoms with Crippen molar-refractivity contribution < 1.29 is 23.2 Å². The second-order valence-electron chi connectivity index (χ2n) is 5.71. The molecule has 0 aliphatic heterocycles. The van der Waals surface area contributed by atoms with E-state index in [2.05, 4.69) is 5.32 Å². The molecular formula is C21H16N2O5. The molecule has 1 N–H and O–H groups in total. The third-order valence-corrected chi connectivity index (χ3v) is 3.85. The van der Waals surface area contributed by atoms with Gasteiger partial charge in [0.15, 0.2) is 0 Å². The van der Waals surface area contributed by atoms with Gasteiger partial charge in [-0.25, -0.2) is 4.79 Å². The van der Waals surface area contributed by atoms with Gasteiger partial charge in [-0.1, -0.05) is 12.1 Å². The number of carbonyl (C=O) groups excluding carboxylic acids is 2. The molecule has 2 heterocycles. The first-order valence-corrected chi connectivity index (χ1v) is 8.31. The van der Waals surface area contributed by atoms with E-state index in [9.17, 15) is 14.9 Å². The molecule has 0 saturated carbocycles. The zero-order valence-electron chi connectivity index (χ0n) is 15.0. The molecule has 28 heavy (non-hydrogen) atoms. The van der Waals surface area contributed by atoms with Gasteiger partial charge in [0.25, 0.3) is 5.91 Å². The first-order chi connectivity index (χ1) is 13.6. The van der Waals surface area contributed by atoms with Crippen LogP contribution in [0.4, 0.5) is 0 Å². The van der Waals surface area contributed by atoms with Crippen molar-refractivity contribution >= 4 is 18.0 Å². The SMILES string of the molecule is COC(=O)c1cccc(-c2ccc(/C=C(\C#N)C(=O)NCc3ccco3)o2)c1. The Labute approximate surface area is 160 Å². The standard InChI is InChI=1S/C21H16N2O5/c1-26-21(25)15-5-2-4-14(10-15)19-8-7-17(28-19)11-16(12-22)20(24)23-13-18-6-3-9-27-18/h2-11H,13H2,1H3,(H,23,24)/b16-11+. The molecule has 3 aromatic rings. The maximum atomic E-state index is 12.2. The molecule has 0 unspecified atom stereocenters. The third-order valence-electron chi connectivity index (χ3n) is 3.85. The Morgan fingerprint density at radius 3 is 2.79 bits per heavy atom. The Morgan fingerprint density at radius 1 is 1.21 bits per heavy atom. The topological polar surface area (TPSA) is 105 Å². The van der Waals surface area contributed by atoms with Crippen molar-refractivity contribution in [3.05, 3.63) is 77.5 Å². The van der Waals surface area contributed by atoms with E-state index in [-0.39, 0.29) is 12.1 Å². The highest BCUT2D eigenvalue weighted by Gasteiger charge is 2.12. The summed E-state index contributed by atoms with van der Waals surface area (Å²) in [6, 6.07) is 15.4. The van der Waals surface area contributed by atoms with E-state index >= 15 is 0 Å². The lowest BCUT2D eigenvalue weighted by atomic mass is 10.1. The van der Waals surface area contributed by atoms with E-state index in [1.807, 2.05) is 6.07 Å². The summed E-state index contributed by atoms with van der Waals surface area (Å²) in [5, 5.41) is 11.9. The Morgan fingerprint density at radius 2 is 2.07 bits per heavy atom. The van der Waals surface area contributed by atoms with Gasteiger partial charge in [0.05, 0.1) is 25.5 Å². The highest BCUT2D eigenvalue weighted by Crippen LogP contribution is 2.24. The quantitative estimate of drug-likeness (QED) is 0.401. The van der Waals surface area contributed by atoms with Crippen LogP contribution in [0.25, 0.3) is 17.4 Å². The lowest BCUT2D eigenvalue weighted by molar-refractivity contribution is -0.117. The van der Waals surface area contributed by atoms with Crippen LogP contribution >= 0.6 is 0 Å². The van der Waals surface area contributed by atoms with Crippen LogP contribution in [0, 0.1) is 11.3 Å². The first-order valence-electron chi connectivity index (χ1n) is 8.31. The number of rotatable bonds is 6. The molecule has 7 heteroatoms. The molecule has 1 aromatic carbocycles. The zero-order chi connectivity index (χ0) is 19.9. The fourth-order valence-corrected chi connectivity index (χ4v) is 2.47. The summed E-state index contributed by atoms with van der Waals surface area (Å²) in [4.78, 5) is 23.8.